The van der Waals surface area contributed by atoms with E-state index < -0.39 is 18.6 Å². The summed E-state index contributed by atoms with van der Waals surface area (Å²) >= 11 is 11.9. The molecule has 5 nitrogen and oxygen atoms in total. The van der Waals surface area contributed by atoms with E-state index in [2.05, 4.69) is 4.98 Å². The van der Waals surface area contributed by atoms with Gasteiger partial charge in [0.1, 0.15) is 11.6 Å². The Balaban J connectivity index is 1.77. The molecule has 28 heavy (non-hydrogen) atoms. The number of aromatic nitrogens is 2. The molecule has 148 valence electrons. The number of carbonyl (C=O) groups is 1. The maximum atomic E-state index is 13.5. The summed E-state index contributed by atoms with van der Waals surface area (Å²) in [7, 11) is 1.50. The van der Waals surface area contributed by atoms with E-state index in [1.807, 2.05) is 0 Å². The van der Waals surface area contributed by atoms with Gasteiger partial charge in [-0.15, -0.1) is 0 Å². The van der Waals surface area contributed by atoms with Crippen molar-refractivity contribution in [3.05, 3.63) is 58.3 Å². The first-order valence-electron chi connectivity index (χ1n) is 8.38. The summed E-state index contributed by atoms with van der Waals surface area (Å²) in [5, 5.41) is 0.716. The number of benzene rings is 2. The Labute approximate surface area is 170 Å². The van der Waals surface area contributed by atoms with Crippen LogP contribution in [-0.2, 0) is 11.3 Å². The molecule has 0 N–H and O–H groups in total. The third kappa shape index (κ3) is 4.20. The Kier molecular flexibility index (Phi) is 6.05. The number of amides is 1. The van der Waals surface area contributed by atoms with Crippen molar-refractivity contribution in [1.29, 1.82) is 0 Å². The SMILES string of the molecule is C[C@H](Oc1ccc(Cl)cc1Cl)C(=O)N(C)Cc1nc2ccccc2n1C(F)F. The number of alkyl halides is 2. The van der Waals surface area contributed by atoms with Crippen molar-refractivity contribution in [2.75, 3.05) is 7.05 Å². The van der Waals surface area contributed by atoms with Gasteiger partial charge in [-0.1, -0.05) is 35.3 Å². The lowest BCUT2D eigenvalue weighted by molar-refractivity contribution is -0.137. The molecule has 0 fully saturated rings. The predicted molar refractivity (Wildman–Crippen MR) is 104 cm³/mol. The first-order chi connectivity index (χ1) is 13.3. The van der Waals surface area contributed by atoms with Gasteiger partial charge >= 0.3 is 6.55 Å². The minimum Gasteiger partial charge on any atom is -0.479 e. The van der Waals surface area contributed by atoms with E-state index in [-0.39, 0.29) is 17.4 Å². The Morgan fingerprint density at radius 1 is 1.25 bits per heavy atom. The lowest BCUT2D eigenvalue weighted by Crippen LogP contribution is -2.38. The molecule has 2 aromatic carbocycles. The molecule has 1 amide bonds. The van der Waals surface area contributed by atoms with Crippen molar-refractivity contribution in [1.82, 2.24) is 14.5 Å². The van der Waals surface area contributed by atoms with Gasteiger partial charge in [-0.3, -0.25) is 9.36 Å². The first-order valence-corrected chi connectivity index (χ1v) is 9.14. The Morgan fingerprint density at radius 3 is 2.64 bits per heavy atom. The van der Waals surface area contributed by atoms with E-state index >= 15 is 0 Å². The van der Waals surface area contributed by atoms with Crippen LogP contribution in [0.5, 0.6) is 5.75 Å². The van der Waals surface area contributed by atoms with E-state index in [1.54, 1.807) is 43.3 Å². The minimum absolute atomic E-state index is 0.0868. The average molecular weight is 428 g/mol. The van der Waals surface area contributed by atoms with Crippen molar-refractivity contribution in [2.45, 2.75) is 26.1 Å². The lowest BCUT2D eigenvalue weighted by Gasteiger charge is -2.22. The highest BCUT2D eigenvalue weighted by molar-refractivity contribution is 6.35. The molecule has 0 aliphatic carbocycles. The summed E-state index contributed by atoms with van der Waals surface area (Å²) < 4.78 is 33.5. The zero-order chi connectivity index (χ0) is 20.4. The van der Waals surface area contributed by atoms with Crippen LogP contribution in [0.15, 0.2) is 42.5 Å². The standard InChI is InChI=1S/C19H17Cl2F2N3O2/c1-11(28-16-8-7-12(20)9-13(16)21)18(27)25(2)10-17-24-14-5-3-4-6-15(14)26(17)19(22)23/h3-9,11,19H,10H2,1-2H3/t11-/m0/s1. The molecule has 1 aromatic heterocycles. The number of nitrogens with zero attached hydrogens (tertiary/aromatic N) is 3. The normalized spacial score (nSPS) is 12.4. The monoisotopic (exact) mass is 427 g/mol. The largest absolute Gasteiger partial charge is 0.479 e. The van der Waals surface area contributed by atoms with Crippen molar-refractivity contribution in [3.8, 4) is 5.75 Å². The second kappa shape index (κ2) is 8.32. The molecule has 1 heterocycles. The number of hydrogen-bond acceptors (Lipinski definition) is 3. The topological polar surface area (TPSA) is 47.4 Å². The van der Waals surface area contributed by atoms with Crippen LogP contribution in [0.25, 0.3) is 11.0 Å². The second-order valence-corrected chi connectivity index (χ2v) is 7.04. The summed E-state index contributed by atoms with van der Waals surface area (Å²) in [6.07, 6.45) is -0.881. The van der Waals surface area contributed by atoms with Crippen LogP contribution in [0.2, 0.25) is 10.0 Å². The maximum absolute atomic E-state index is 13.5. The summed E-state index contributed by atoms with van der Waals surface area (Å²) in [6.45, 7) is -1.31. The number of halogens is 4. The number of fused-ring (bicyclic) bond motifs is 1. The smallest absolute Gasteiger partial charge is 0.320 e. The highest BCUT2D eigenvalue weighted by Gasteiger charge is 2.24. The molecule has 0 saturated carbocycles. The van der Waals surface area contributed by atoms with Crippen LogP contribution in [0, 0.1) is 0 Å². The summed E-state index contributed by atoms with van der Waals surface area (Å²) in [5.41, 5.74) is 0.751. The molecule has 1 atom stereocenters. The average Bonchev–Trinajstić information content (AvgIpc) is 3.01. The van der Waals surface area contributed by atoms with Gasteiger partial charge < -0.3 is 9.64 Å². The summed E-state index contributed by atoms with van der Waals surface area (Å²) in [5.74, 6) is -0.0113. The quantitative estimate of drug-likeness (QED) is 0.545. The van der Waals surface area contributed by atoms with E-state index in [9.17, 15) is 13.6 Å². The number of carbonyl (C=O) groups excluding carboxylic acids is 1. The second-order valence-electron chi connectivity index (χ2n) is 6.19. The van der Waals surface area contributed by atoms with Crippen LogP contribution in [0.4, 0.5) is 8.78 Å². The summed E-state index contributed by atoms with van der Waals surface area (Å²) in [4.78, 5) is 18.2. The molecule has 9 heteroatoms. The van der Waals surface area contributed by atoms with Crippen molar-refractivity contribution in [3.63, 3.8) is 0 Å². The van der Waals surface area contributed by atoms with Crippen molar-refractivity contribution >= 4 is 40.1 Å². The molecule has 0 bridgehead atoms. The number of likely N-dealkylation sites (N-methyl/N-ethyl adjacent to an activating group) is 1. The van der Waals surface area contributed by atoms with Gasteiger partial charge in [-0.05, 0) is 37.3 Å². The van der Waals surface area contributed by atoms with Gasteiger partial charge in [0, 0.05) is 12.1 Å². The number of para-hydroxylation sites is 2. The Bertz CT molecular complexity index is 1010. The van der Waals surface area contributed by atoms with Crippen LogP contribution in [0.1, 0.15) is 19.3 Å². The zero-order valence-corrected chi connectivity index (χ0v) is 16.6. The van der Waals surface area contributed by atoms with Crippen LogP contribution < -0.4 is 4.74 Å². The van der Waals surface area contributed by atoms with Crippen LogP contribution in [-0.4, -0.2) is 33.5 Å². The highest BCUT2D eigenvalue weighted by Crippen LogP contribution is 2.29. The van der Waals surface area contributed by atoms with Crippen molar-refractivity contribution in [2.24, 2.45) is 0 Å². The minimum atomic E-state index is -2.77. The lowest BCUT2D eigenvalue weighted by atomic mass is 10.3. The molecule has 3 aromatic rings. The molecule has 3 rings (SSSR count). The zero-order valence-electron chi connectivity index (χ0n) is 15.1. The van der Waals surface area contributed by atoms with Gasteiger partial charge in [0.25, 0.3) is 5.91 Å². The number of rotatable bonds is 6. The number of hydrogen-bond donors (Lipinski definition) is 0. The van der Waals surface area contributed by atoms with Gasteiger partial charge in [-0.2, -0.15) is 8.78 Å². The van der Waals surface area contributed by atoms with E-state index in [1.165, 1.54) is 18.0 Å². The fraction of sp³-hybridized carbons (Fsp3) is 0.263. The number of ether oxygens (including phenoxy) is 1. The Morgan fingerprint density at radius 2 is 1.96 bits per heavy atom. The number of imidazole rings is 1. The van der Waals surface area contributed by atoms with E-state index in [4.69, 9.17) is 27.9 Å². The molecule has 0 spiro atoms. The molecule has 0 unspecified atom stereocenters. The van der Waals surface area contributed by atoms with E-state index in [0.717, 1.165) is 4.57 Å². The highest BCUT2D eigenvalue weighted by atomic mass is 35.5. The first kappa shape index (κ1) is 20.4. The fourth-order valence-electron chi connectivity index (χ4n) is 2.84. The molecule has 0 aliphatic rings. The third-order valence-corrected chi connectivity index (χ3v) is 4.69. The fourth-order valence-corrected chi connectivity index (χ4v) is 3.29. The van der Waals surface area contributed by atoms with Crippen LogP contribution >= 0.6 is 23.2 Å². The van der Waals surface area contributed by atoms with Crippen molar-refractivity contribution < 1.29 is 18.3 Å². The molecule has 0 saturated heterocycles. The molecule has 0 radical (unpaired) electrons. The molecular weight excluding hydrogens is 411 g/mol. The predicted octanol–water partition coefficient (Wildman–Crippen LogP) is 5.16. The van der Waals surface area contributed by atoms with Gasteiger partial charge in [-0.25, -0.2) is 4.98 Å². The maximum Gasteiger partial charge on any atom is 0.320 e. The molecular formula is C19H17Cl2F2N3O2. The Hall–Kier alpha value is -2.38. The van der Waals surface area contributed by atoms with Crippen LogP contribution in [0.3, 0.4) is 0 Å². The molecule has 0 aliphatic heterocycles. The van der Waals surface area contributed by atoms with E-state index in [0.29, 0.717) is 21.8 Å². The van der Waals surface area contributed by atoms with Gasteiger partial charge in [0.15, 0.2) is 6.10 Å². The van der Waals surface area contributed by atoms with Gasteiger partial charge in [0.2, 0.25) is 0 Å². The summed E-state index contributed by atoms with van der Waals surface area (Å²) in [6, 6.07) is 11.2. The third-order valence-electron chi connectivity index (χ3n) is 4.16. The van der Waals surface area contributed by atoms with Gasteiger partial charge in [0.05, 0.1) is 22.6 Å².